The Balaban J connectivity index is 2.75. The zero-order chi connectivity index (χ0) is 13.5. The highest BCUT2D eigenvalue weighted by atomic mass is 35.5. The number of benzene rings is 1. The molecular formula is C10H8ClFO5S. The lowest BCUT2D eigenvalue weighted by atomic mass is 10.2. The first kappa shape index (κ1) is 13.1. The minimum Gasteiger partial charge on any atom is -0.490 e. The lowest BCUT2D eigenvalue weighted by Gasteiger charge is -2.10. The Kier molecular flexibility index (Phi) is 3.20. The van der Waals surface area contributed by atoms with E-state index in [1.807, 2.05) is 0 Å². The van der Waals surface area contributed by atoms with E-state index in [0.29, 0.717) is 0 Å². The monoisotopic (exact) mass is 294 g/mol. The lowest BCUT2D eigenvalue weighted by molar-refractivity contribution is 0.0696. The number of hydrogen-bond acceptors (Lipinski definition) is 4. The lowest BCUT2D eigenvalue weighted by Crippen LogP contribution is -2.16. The third kappa shape index (κ3) is 2.04. The van der Waals surface area contributed by atoms with Gasteiger partial charge in [0.05, 0.1) is 17.2 Å². The van der Waals surface area contributed by atoms with Gasteiger partial charge in [-0.15, -0.1) is 0 Å². The van der Waals surface area contributed by atoms with Crippen LogP contribution in [0.25, 0.3) is 0 Å². The number of carbonyl (C=O) groups is 1. The van der Waals surface area contributed by atoms with Gasteiger partial charge >= 0.3 is 5.97 Å². The van der Waals surface area contributed by atoms with Crippen molar-refractivity contribution in [3.63, 3.8) is 0 Å². The number of carboxylic acids is 1. The average Bonchev–Trinajstić information content (AvgIpc) is 2.39. The van der Waals surface area contributed by atoms with Crippen molar-refractivity contribution in [1.29, 1.82) is 0 Å². The van der Waals surface area contributed by atoms with Gasteiger partial charge in [-0.25, -0.2) is 17.6 Å². The predicted molar refractivity (Wildman–Crippen MR) is 60.6 cm³/mol. The van der Waals surface area contributed by atoms with Crippen LogP contribution in [0.15, 0.2) is 17.0 Å². The summed E-state index contributed by atoms with van der Waals surface area (Å²) in [7, 11) is -4.28. The maximum absolute atomic E-state index is 13.5. The highest BCUT2D eigenvalue weighted by Gasteiger charge is 2.35. The summed E-state index contributed by atoms with van der Waals surface area (Å²) in [5.41, 5.74) is -2.46. The maximum Gasteiger partial charge on any atom is 0.335 e. The van der Waals surface area contributed by atoms with E-state index in [1.165, 1.54) is 0 Å². The third-order valence-corrected chi connectivity index (χ3v) is 4.60. The molecule has 0 aromatic heterocycles. The van der Waals surface area contributed by atoms with Crippen molar-refractivity contribution in [2.75, 3.05) is 6.61 Å². The van der Waals surface area contributed by atoms with Crippen LogP contribution in [-0.2, 0) is 9.84 Å². The first-order valence-corrected chi connectivity index (χ1v) is 6.84. The Labute approximate surface area is 107 Å². The molecule has 98 valence electrons. The Morgan fingerprint density at radius 1 is 1.50 bits per heavy atom. The molecule has 18 heavy (non-hydrogen) atoms. The zero-order valence-electron chi connectivity index (χ0n) is 8.89. The van der Waals surface area contributed by atoms with Crippen LogP contribution in [0.4, 0.5) is 4.39 Å². The van der Waals surface area contributed by atoms with E-state index < -0.39 is 26.2 Å². The zero-order valence-corrected chi connectivity index (χ0v) is 10.5. The van der Waals surface area contributed by atoms with Crippen LogP contribution < -0.4 is 4.74 Å². The van der Waals surface area contributed by atoms with Crippen LogP contribution in [0.2, 0.25) is 5.02 Å². The fourth-order valence-electron chi connectivity index (χ4n) is 1.59. The first-order valence-electron chi connectivity index (χ1n) is 4.91. The number of alkyl halides is 1. The van der Waals surface area contributed by atoms with Crippen molar-refractivity contribution in [2.24, 2.45) is 0 Å². The molecule has 8 heteroatoms. The Morgan fingerprint density at radius 3 is 2.78 bits per heavy atom. The van der Waals surface area contributed by atoms with Gasteiger partial charge in [-0.3, -0.25) is 0 Å². The second-order valence-corrected chi connectivity index (χ2v) is 6.13. The summed E-state index contributed by atoms with van der Waals surface area (Å²) >= 11 is 5.76. The molecule has 0 fully saturated rings. The summed E-state index contributed by atoms with van der Waals surface area (Å²) in [4.78, 5) is 10.3. The molecule has 1 aliphatic heterocycles. The van der Waals surface area contributed by atoms with Crippen molar-refractivity contribution in [3.05, 3.63) is 22.7 Å². The molecule has 0 saturated carbocycles. The standard InChI is InChI=1S/C10H8ClFO5S/c11-6-3-5(10(13)14)4-7-9(6)17-2-1-8(12)18(7,15)16/h3-4,8H,1-2H2,(H,13,14)/t8-/m1/s1. The Bertz CT molecular complexity index is 613. The average molecular weight is 295 g/mol. The van der Waals surface area contributed by atoms with Crippen molar-refractivity contribution < 1.29 is 27.4 Å². The van der Waals surface area contributed by atoms with E-state index in [9.17, 15) is 17.6 Å². The predicted octanol–water partition coefficient (Wildman–Crippen LogP) is 1.89. The van der Waals surface area contributed by atoms with E-state index in [1.54, 1.807) is 0 Å². The molecule has 1 atom stereocenters. The number of halogens is 2. The molecule has 1 heterocycles. The Hall–Kier alpha value is -1.34. The van der Waals surface area contributed by atoms with Gasteiger partial charge in [-0.1, -0.05) is 11.6 Å². The molecule has 0 spiro atoms. The van der Waals surface area contributed by atoms with E-state index in [0.717, 1.165) is 12.1 Å². The van der Waals surface area contributed by atoms with Crippen LogP contribution in [0.3, 0.4) is 0 Å². The summed E-state index contributed by atoms with van der Waals surface area (Å²) in [6.45, 7) is -0.139. The summed E-state index contributed by atoms with van der Waals surface area (Å²) in [6, 6.07) is 1.92. The second-order valence-electron chi connectivity index (χ2n) is 3.68. The van der Waals surface area contributed by atoms with E-state index in [-0.39, 0.29) is 29.4 Å². The van der Waals surface area contributed by atoms with Gasteiger partial charge in [-0.05, 0) is 12.1 Å². The molecule has 0 amide bonds. The third-order valence-electron chi connectivity index (χ3n) is 2.49. The molecule has 1 N–H and O–H groups in total. The fourth-order valence-corrected chi connectivity index (χ4v) is 3.32. The van der Waals surface area contributed by atoms with Gasteiger partial charge in [-0.2, -0.15) is 0 Å². The summed E-state index contributed by atoms with van der Waals surface area (Å²) in [5, 5.41) is 8.66. The molecule has 2 rings (SSSR count). The molecule has 0 bridgehead atoms. The van der Waals surface area contributed by atoms with Gasteiger partial charge < -0.3 is 9.84 Å². The van der Waals surface area contributed by atoms with Crippen LogP contribution >= 0.6 is 11.6 Å². The maximum atomic E-state index is 13.5. The van der Waals surface area contributed by atoms with Crippen LogP contribution in [0.1, 0.15) is 16.8 Å². The SMILES string of the molecule is O=C(O)c1cc(Cl)c2c(c1)S(=O)(=O)[C@@H](F)CCO2. The van der Waals surface area contributed by atoms with Gasteiger partial charge in [0, 0.05) is 6.42 Å². The van der Waals surface area contributed by atoms with Crippen molar-refractivity contribution in [1.82, 2.24) is 0 Å². The first-order chi connectivity index (χ1) is 8.34. The minimum absolute atomic E-state index is 0.139. The molecule has 1 aromatic rings. The number of ether oxygens (including phenoxy) is 1. The largest absolute Gasteiger partial charge is 0.490 e. The molecule has 1 aromatic carbocycles. The number of carboxylic acid groups (broad SMARTS) is 1. The smallest absolute Gasteiger partial charge is 0.335 e. The number of rotatable bonds is 1. The molecule has 0 radical (unpaired) electrons. The second kappa shape index (κ2) is 4.40. The molecule has 0 aliphatic carbocycles. The van der Waals surface area contributed by atoms with E-state index in [4.69, 9.17) is 21.4 Å². The number of hydrogen-bond donors (Lipinski definition) is 1. The molecule has 0 saturated heterocycles. The normalized spacial score (nSPS) is 21.6. The van der Waals surface area contributed by atoms with Crippen molar-refractivity contribution in [2.45, 2.75) is 16.8 Å². The van der Waals surface area contributed by atoms with Gasteiger partial charge in [0.2, 0.25) is 15.3 Å². The topological polar surface area (TPSA) is 80.7 Å². The molecule has 0 unspecified atom stereocenters. The number of sulfone groups is 1. The van der Waals surface area contributed by atoms with Crippen LogP contribution in [0, 0.1) is 0 Å². The van der Waals surface area contributed by atoms with E-state index >= 15 is 0 Å². The number of fused-ring (bicyclic) bond motifs is 1. The van der Waals surface area contributed by atoms with Gasteiger partial charge in [0.15, 0.2) is 5.75 Å². The Morgan fingerprint density at radius 2 is 2.17 bits per heavy atom. The van der Waals surface area contributed by atoms with Crippen LogP contribution in [-0.4, -0.2) is 31.6 Å². The van der Waals surface area contributed by atoms with E-state index in [2.05, 4.69) is 0 Å². The van der Waals surface area contributed by atoms with Crippen LogP contribution in [0.5, 0.6) is 5.75 Å². The molecular weight excluding hydrogens is 287 g/mol. The highest BCUT2D eigenvalue weighted by molar-refractivity contribution is 7.92. The van der Waals surface area contributed by atoms with Gasteiger partial charge in [0.1, 0.15) is 4.90 Å². The summed E-state index contributed by atoms with van der Waals surface area (Å²) in [6.07, 6.45) is -0.324. The summed E-state index contributed by atoms with van der Waals surface area (Å²) < 4.78 is 42.3. The quantitative estimate of drug-likeness (QED) is 0.855. The fraction of sp³-hybridized carbons (Fsp3) is 0.300. The van der Waals surface area contributed by atoms with Gasteiger partial charge in [0.25, 0.3) is 0 Å². The number of aromatic carboxylic acids is 1. The van der Waals surface area contributed by atoms with Crippen molar-refractivity contribution >= 4 is 27.4 Å². The van der Waals surface area contributed by atoms with Crippen molar-refractivity contribution in [3.8, 4) is 5.75 Å². The molecule has 5 nitrogen and oxygen atoms in total. The molecule has 1 aliphatic rings. The highest BCUT2D eigenvalue weighted by Crippen LogP contribution is 2.38. The summed E-state index contributed by atoms with van der Waals surface area (Å²) in [5.74, 6) is -1.55. The minimum atomic E-state index is -4.28.